The summed E-state index contributed by atoms with van der Waals surface area (Å²) in [4.78, 5) is 12.8. The van der Waals surface area contributed by atoms with E-state index in [9.17, 15) is 4.79 Å². The molecule has 0 aromatic heterocycles. The van der Waals surface area contributed by atoms with Crippen LogP contribution in [0.25, 0.3) is 0 Å². The molecular formula is C18H28N2O. The van der Waals surface area contributed by atoms with Crippen molar-refractivity contribution in [1.29, 1.82) is 0 Å². The van der Waals surface area contributed by atoms with Gasteiger partial charge in [0.1, 0.15) is 0 Å². The average molecular weight is 288 g/mol. The Morgan fingerprint density at radius 3 is 2.90 bits per heavy atom. The van der Waals surface area contributed by atoms with Gasteiger partial charge in [0, 0.05) is 6.54 Å². The molecule has 1 unspecified atom stereocenters. The Morgan fingerprint density at radius 1 is 1.48 bits per heavy atom. The maximum atomic E-state index is 12.8. The van der Waals surface area contributed by atoms with E-state index in [0.29, 0.717) is 0 Å². The van der Waals surface area contributed by atoms with Crippen LogP contribution >= 0.6 is 0 Å². The molecule has 1 aromatic rings. The van der Waals surface area contributed by atoms with E-state index in [4.69, 9.17) is 0 Å². The van der Waals surface area contributed by atoms with Gasteiger partial charge in [0.25, 0.3) is 0 Å². The molecule has 1 amide bonds. The number of aryl methyl sites for hydroxylation is 1. The second-order valence-electron chi connectivity index (χ2n) is 6.42. The fourth-order valence-electron chi connectivity index (χ4n) is 3.34. The van der Waals surface area contributed by atoms with Crippen LogP contribution in [-0.4, -0.2) is 19.0 Å². The second-order valence-corrected chi connectivity index (χ2v) is 6.42. The first-order valence-corrected chi connectivity index (χ1v) is 8.16. The van der Waals surface area contributed by atoms with Crippen LogP contribution in [0.4, 0.5) is 0 Å². The third kappa shape index (κ3) is 3.85. The summed E-state index contributed by atoms with van der Waals surface area (Å²) in [5.74, 6) is 0.213. The zero-order valence-corrected chi connectivity index (χ0v) is 13.5. The molecule has 1 aromatic carbocycles. The lowest BCUT2D eigenvalue weighted by atomic mass is 9.76. The van der Waals surface area contributed by atoms with E-state index in [1.54, 1.807) is 0 Å². The molecule has 2 atom stereocenters. The maximum absolute atomic E-state index is 12.8. The van der Waals surface area contributed by atoms with Crippen LogP contribution in [0.5, 0.6) is 0 Å². The highest BCUT2D eigenvalue weighted by Crippen LogP contribution is 2.32. The highest BCUT2D eigenvalue weighted by Gasteiger charge is 2.39. The molecule has 0 radical (unpaired) electrons. The lowest BCUT2D eigenvalue weighted by molar-refractivity contribution is -0.133. The molecular weight excluding hydrogens is 260 g/mol. The highest BCUT2D eigenvalue weighted by molar-refractivity contribution is 5.83. The summed E-state index contributed by atoms with van der Waals surface area (Å²) in [6.45, 7) is 8.16. The molecule has 1 aliphatic rings. The third-order valence-electron chi connectivity index (χ3n) is 4.57. The van der Waals surface area contributed by atoms with Gasteiger partial charge < -0.3 is 10.6 Å². The smallest absolute Gasteiger partial charge is 0.227 e. The van der Waals surface area contributed by atoms with Crippen LogP contribution < -0.4 is 10.6 Å². The van der Waals surface area contributed by atoms with Crippen molar-refractivity contribution >= 4 is 5.91 Å². The minimum atomic E-state index is -0.217. The largest absolute Gasteiger partial charge is 0.349 e. The molecule has 3 heteroatoms. The Balaban J connectivity index is 2.07. The number of piperidine rings is 1. The Kier molecular flexibility index (Phi) is 5.40. The molecule has 116 valence electrons. The Bertz CT molecular complexity index is 472. The monoisotopic (exact) mass is 288 g/mol. The van der Waals surface area contributed by atoms with E-state index in [0.717, 1.165) is 38.8 Å². The molecule has 1 saturated heterocycles. The fourth-order valence-corrected chi connectivity index (χ4v) is 3.34. The van der Waals surface area contributed by atoms with Gasteiger partial charge in [0.2, 0.25) is 5.91 Å². The summed E-state index contributed by atoms with van der Waals surface area (Å²) in [6, 6.07) is 8.44. The predicted molar refractivity (Wildman–Crippen MR) is 87.2 cm³/mol. The number of amides is 1. The SMILES string of the molecule is CCCC1(C(=O)N[C@@H](C)c2cccc(C)c2)CCCNC1. The summed E-state index contributed by atoms with van der Waals surface area (Å²) in [6.07, 6.45) is 4.10. The van der Waals surface area contributed by atoms with Crippen LogP contribution in [0.3, 0.4) is 0 Å². The molecule has 0 bridgehead atoms. The Labute approximate surface area is 128 Å². The maximum Gasteiger partial charge on any atom is 0.227 e. The molecule has 1 heterocycles. The van der Waals surface area contributed by atoms with Crippen molar-refractivity contribution in [3.8, 4) is 0 Å². The highest BCUT2D eigenvalue weighted by atomic mass is 16.2. The summed E-state index contributed by atoms with van der Waals surface area (Å²) in [7, 11) is 0. The number of hydrogen-bond donors (Lipinski definition) is 2. The van der Waals surface area contributed by atoms with Crippen molar-refractivity contribution in [2.45, 2.75) is 52.5 Å². The molecule has 0 spiro atoms. The average Bonchev–Trinajstić information content (AvgIpc) is 2.48. The Morgan fingerprint density at radius 2 is 2.29 bits per heavy atom. The van der Waals surface area contributed by atoms with E-state index in [2.05, 4.69) is 55.7 Å². The number of rotatable bonds is 5. The molecule has 0 saturated carbocycles. The van der Waals surface area contributed by atoms with Gasteiger partial charge in [-0.25, -0.2) is 0 Å². The number of hydrogen-bond acceptors (Lipinski definition) is 2. The van der Waals surface area contributed by atoms with Crippen molar-refractivity contribution < 1.29 is 4.79 Å². The van der Waals surface area contributed by atoms with Crippen molar-refractivity contribution in [1.82, 2.24) is 10.6 Å². The van der Waals surface area contributed by atoms with Gasteiger partial charge in [-0.05, 0) is 45.2 Å². The fraction of sp³-hybridized carbons (Fsp3) is 0.611. The first-order valence-electron chi connectivity index (χ1n) is 8.16. The van der Waals surface area contributed by atoms with Crippen LogP contribution in [0.15, 0.2) is 24.3 Å². The van der Waals surface area contributed by atoms with Gasteiger partial charge in [-0.15, -0.1) is 0 Å². The normalized spacial score (nSPS) is 23.6. The van der Waals surface area contributed by atoms with E-state index in [1.807, 2.05) is 0 Å². The summed E-state index contributed by atoms with van der Waals surface area (Å²) < 4.78 is 0. The van der Waals surface area contributed by atoms with Crippen LogP contribution in [0.2, 0.25) is 0 Å². The zero-order valence-electron chi connectivity index (χ0n) is 13.5. The molecule has 0 aliphatic carbocycles. The number of carbonyl (C=O) groups excluding carboxylic acids is 1. The minimum Gasteiger partial charge on any atom is -0.349 e. The van der Waals surface area contributed by atoms with Crippen molar-refractivity contribution in [2.24, 2.45) is 5.41 Å². The van der Waals surface area contributed by atoms with Gasteiger partial charge in [0.05, 0.1) is 11.5 Å². The standard InChI is InChI=1S/C18H28N2O/c1-4-9-18(10-6-11-19-13-18)17(21)20-15(3)16-8-5-7-14(2)12-16/h5,7-8,12,15,19H,4,6,9-11,13H2,1-3H3,(H,20,21)/t15-,18?/m0/s1. The van der Waals surface area contributed by atoms with E-state index in [1.165, 1.54) is 11.1 Å². The van der Waals surface area contributed by atoms with Gasteiger partial charge in [-0.3, -0.25) is 4.79 Å². The topological polar surface area (TPSA) is 41.1 Å². The third-order valence-corrected chi connectivity index (χ3v) is 4.57. The summed E-state index contributed by atoms with van der Waals surface area (Å²) in [5, 5.41) is 6.64. The number of carbonyl (C=O) groups is 1. The van der Waals surface area contributed by atoms with Gasteiger partial charge in [-0.2, -0.15) is 0 Å². The Hall–Kier alpha value is -1.35. The summed E-state index contributed by atoms with van der Waals surface area (Å²) in [5.41, 5.74) is 2.19. The molecule has 21 heavy (non-hydrogen) atoms. The molecule has 2 N–H and O–H groups in total. The lowest BCUT2D eigenvalue weighted by Gasteiger charge is -2.37. The van der Waals surface area contributed by atoms with E-state index >= 15 is 0 Å². The second kappa shape index (κ2) is 7.08. The number of benzene rings is 1. The van der Waals surface area contributed by atoms with Crippen molar-refractivity contribution in [3.63, 3.8) is 0 Å². The van der Waals surface area contributed by atoms with Gasteiger partial charge >= 0.3 is 0 Å². The molecule has 2 rings (SSSR count). The van der Waals surface area contributed by atoms with Crippen molar-refractivity contribution in [3.05, 3.63) is 35.4 Å². The van der Waals surface area contributed by atoms with Crippen LogP contribution in [0.1, 0.15) is 56.7 Å². The quantitative estimate of drug-likeness (QED) is 0.872. The van der Waals surface area contributed by atoms with Gasteiger partial charge in [0.15, 0.2) is 0 Å². The minimum absolute atomic E-state index is 0.0630. The lowest BCUT2D eigenvalue weighted by Crippen LogP contribution is -2.50. The zero-order chi connectivity index (χ0) is 15.3. The van der Waals surface area contributed by atoms with Crippen LogP contribution in [0, 0.1) is 12.3 Å². The van der Waals surface area contributed by atoms with Crippen LogP contribution in [-0.2, 0) is 4.79 Å². The first-order chi connectivity index (χ1) is 10.1. The molecule has 1 aliphatic heterocycles. The van der Waals surface area contributed by atoms with Crippen molar-refractivity contribution in [2.75, 3.05) is 13.1 Å². The predicted octanol–water partition coefficient (Wildman–Crippen LogP) is 3.34. The first kappa shape index (κ1) is 16.0. The summed E-state index contributed by atoms with van der Waals surface area (Å²) >= 11 is 0. The van der Waals surface area contributed by atoms with E-state index < -0.39 is 0 Å². The van der Waals surface area contributed by atoms with Gasteiger partial charge in [-0.1, -0.05) is 43.2 Å². The number of nitrogens with one attached hydrogen (secondary N) is 2. The van der Waals surface area contributed by atoms with E-state index in [-0.39, 0.29) is 17.4 Å². The molecule has 3 nitrogen and oxygen atoms in total. The molecule has 1 fully saturated rings.